The molecule has 0 aliphatic rings. The van der Waals surface area contributed by atoms with Gasteiger partial charge in [-0.15, -0.1) is 0 Å². The topological polar surface area (TPSA) is 90.9 Å². The number of para-hydroxylation sites is 1. The van der Waals surface area contributed by atoms with Crippen molar-refractivity contribution in [1.29, 1.82) is 0 Å². The lowest BCUT2D eigenvalue weighted by atomic mass is 10.2. The zero-order chi connectivity index (χ0) is 19.5. The van der Waals surface area contributed by atoms with Gasteiger partial charge in [0, 0.05) is 12.1 Å². The highest BCUT2D eigenvalue weighted by Crippen LogP contribution is 2.11. The Morgan fingerprint density at radius 3 is 2.33 bits per heavy atom. The summed E-state index contributed by atoms with van der Waals surface area (Å²) in [5.74, 6) is -0.654. The Morgan fingerprint density at radius 2 is 1.67 bits per heavy atom. The van der Waals surface area contributed by atoms with Crippen molar-refractivity contribution in [2.75, 3.05) is 25.6 Å². The molecule has 0 radical (unpaired) electrons. The van der Waals surface area contributed by atoms with Crippen LogP contribution in [0.5, 0.6) is 5.75 Å². The van der Waals surface area contributed by atoms with Gasteiger partial charge in [-0.25, -0.2) is 4.79 Å². The standard InChI is InChI=1S/C20H21NO6/c1-25-20(24)15-9-11-16(12-10-15)21-18(22)14-27-19(23)8-5-13-26-17-6-3-2-4-7-17/h2-4,6-7,9-12H,5,8,13-14H2,1H3,(H,21,22). The van der Waals surface area contributed by atoms with E-state index in [0.29, 0.717) is 24.3 Å². The van der Waals surface area contributed by atoms with Crippen molar-refractivity contribution in [2.45, 2.75) is 12.8 Å². The fourth-order valence-electron chi connectivity index (χ4n) is 2.15. The van der Waals surface area contributed by atoms with Crippen LogP contribution in [0.25, 0.3) is 0 Å². The number of nitrogens with one attached hydrogen (secondary N) is 1. The number of amides is 1. The van der Waals surface area contributed by atoms with Gasteiger partial charge in [-0.2, -0.15) is 0 Å². The highest BCUT2D eigenvalue weighted by atomic mass is 16.5. The van der Waals surface area contributed by atoms with Crippen molar-refractivity contribution < 1.29 is 28.6 Å². The first-order valence-electron chi connectivity index (χ1n) is 8.40. The van der Waals surface area contributed by atoms with Gasteiger partial charge in [0.05, 0.1) is 19.3 Å². The molecule has 0 aromatic heterocycles. The number of carbonyl (C=O) groups excluding carboxylic acids is 3. The van der Waals surface area contributed by atoms with Crippen LogP contribution in [0.4, 0.5) is 5.69 Å². The number of methoxy groups -OCH3 is 1. The molecular formula is C20H21NO6. The van der Waals surface area contributed by atoms with E-state index in [2.05, 4.69) is 10.1 Å². The second-order valence-electron chi connectivity index (χ2n) is 5.54. The maximum atomic E-state index is 11.8. The van der Waals surface area contributed by atoms with Gasteiger partial charge in [0.15, 0.2) is 6.61 Å². The zero-order valence-corrected chi connectivity index (χ0v) is 15.0. The minimum absolute atomic E-state index is 0.161. The van der Waals surface area contributed by atoms with Crippen LogP contribution in [0, 0.1) is 0 Å². The summed E-state index contributed by atoms with van der Waals surface area (Å²) in [7, 11) is 1.29. The molecule has 27 heavy (non-hydrogen) atoms. The highest BCUT2D eigenvalue weighted by Gasteiger charge is 2.09. The van der Waals surface area contributed by atoms with E-state index in [1.807, 2.05) is 30.3 Å². The minimum Gasteiger partial charge on any atom is -0.494 e. The van der Waals surface area contributed by atoms with Crippen LogP contribution in [-0.2, 0) is 19.1 Å². The lowest BCUT2D eigenvalue weighted by molar-refractivity contribution is -0.147. The SMILES string of the molecule is COC(=O)c1ccc(NC(=O)COC(=O)CCCOc2ccccc2)cc1. The molecule has 2 aromatic carbocycles. The molecule has 0 bridgehead atoms. The minimum atomic E-state index is -0.470. The van der Waals surface area contributed by atoms with E-state index < -0.39 is 17.8 Å². The van der Waals surface area contributed by atoms with Gasteiger partial charge in [0.1, 0.15) is 5.75 Å². The molecule has 0 unspecified atom stereocenters. The summed E-state index contributed by atoms with van der Waals surface area (Å²) in [5.41, 5.74) is 0.861. The third-order valence-electron chi connectivity index (χ3n) is 3.49. The predicted octanol–water partition coefficient (Wildman–Crippen LogP) is 2.81. The number of benzene rings is 2. The smallest absolute Gasteiger partial charge is 0.337 e. The fraction of sp³-hybridized carbons (Fsp3) is 0.250. The molecule has 1 N–H and O–H groups in total. The zero-order valence-electron chi connectivity index (χ0n) is 15.0. The molecule has 142 valence electrons. The van der Waals surface area contributed by atoms with E-state index in [0.717, 1.165) is 5.75 Å². The Balaban J connectivity index is 1.63. The van der Waals surface area contributed by atoms with Crippen LogP contribution in [0.1, 0.15) is 23.2 Å². The van der Waals surface area contributed by atoms with Gasteiger partial charge in [0.25, 0.3) is 5.91 Å². The van der Waals surface area contributed by atoms with Crippen molar-refractivity contribution >= 4 is 23.5 Å². The average Bonchev–Trinajstić information content (AvgIpc) is 2.70. The van der Waals surface area contributed by atoms with Crippen molar-refractivity contribution in [3.8, 4) is 5.75 Å². The van der Waals surface area contributed by atoms with Crippen LogP contribution < -0.4 is 10.1 Å². The number of hydrogen-bond donors (Lipinski definition) is 1. The lowest BCUT2D eigenvalue weighted by Crippen LogP contribution is -2.21. The van der Waals surface area contributed by atoms with Gasteiger partial charge in [-0.3, -0.25) is 9.59 Å². The monoisotopic (exact) mass is 371 g/mol. The molecule has 0 spiro atoms. The van der Waals surface area contributed by atoms with E-state index in [4.69, 9.17) is 9.47 Å². The van der Waals surface area contributed by atoms with E-state index >= 15 is 0 Å². The third kappa shape index (κ3) is 7.19. The van der Waals surface area contributed by atoms with Crippen LogP contribution in [0.3, 0.4) is 0 Å². The van der Waals surface area contributed by atoms with Gasteiger partial charge in [-0.05, 0) is 42.8 Å². The number of hydrogen-bond acceptors (Lipinski definition) is 6. The maximum Gasteiger partial charge on any atom is 0.337 e. The summed E-state index contributed by atoms with van der Waals surface area (Å²) in [6.07, 6.45) is 0.651. The molecule has 7 heteroatoms. The molecule has 2 aromatic rings. The first-order valence-corrected chi connectivity index (χ1v) is 8.40. The van der Waals surface area contributed by atoms with E-state index in [9.17, 15) is 14.4 Å². The number of anilines is 1. The molecule has 0 saturated heterocycles. The van der Waals surface area contributed by atoms with Crippen LogP contribution in [0.15, 0.2) is 54.6 Å². The first-order chi connectivity index (χ1) is 13.1. The molecule has 0 aliphatic heterocycles. The van der Waals surface area contributed by atoms with Gasteiger partial charge in [-0.1, -0.05) is 18.2 Å². The van der Waals surface area contributed by atoms with E-state index in [-0.39, 0.29) is 13.0 Å². The van der Waals surface area contributed by atoms with E-state index in [1.54, 1.807) is 12.1 Å². The number of ether oxygens (including phenoxy) is 3. The average molecular weight is 371 g/mol. The van der Waals surface area contributed by atoms with Crippen LogP contribution >= 0.6 is 0 Å². The van der Waals surface area contributed by atoms with E-state index in [1.165, 1.54) is 19.2 Å². The fourth-order valence-corrected chi connectivity index (χ4v) is 2.15. The Bertz CT molecular complexity index is 758. The van der Waals surface area contributed by atoms with Crippen molar-refractivity contribution in [3.63, 3.8) is 0 Å². The van der Waals surface area contributed by atoms with Crippen molar-refractivity contribution in [3.05, 3.63) is 60.2 Å². The highest BCUT2D eigenvalue weighted by molar-refractivity contribution is 5.94. The number of esters is 2. The van der Waals surface area contributed by atoms with Crippen molar-refractivity contribution in [2.24, 2.45) is 0 Å². The number of carbonyl (C=O) groups is 3. The Kier molecular flexibility index (Phi) is 7.84. The molecule has 0 atom stereocenters. The molecule has 1 amide bonds. The van der Waals surface area contributed by atoms with Crippen LogP contribution in [0.2, 0.25) is 0 Å². The Labute approximate surface area is 157 Å². The van der Waals surface area contributed by atoms with Gasteiger partial charge >= 0.3 is 11.9 Å². The largest absolute Gasteiger partial charge is 0.494 e. The Hall–Kier alpha value is -3.35. The molecule has 0 heterocycles. The van der Waals surface area contributed by atoms with Crippen molar-refractivity contribution in [1.82, 2.24) is 0 Å². The molecule has 0 fully saturated rings. The third-order valence-corrected chi connectivity index (χ3v) is 3.49. The molecule has 0 aliphatic carbocycles. The van der Waals surface area contributed by atoms with Gasteiger partial charge in [0.2, 0.25) is 0 Å². The first kappa shape index (κ1) is 20.0. The summed E-state index contributed by atoms with van der Waals surface area (Å²) in [6, 6.07) is 15.5. The Morgan fingerprint density at radius 1 is 0.963 bits per heavy atom. The quantitative estimate of drug-likeness (QED) is 0.538. The summed E-state index contributed by atoms with van der Waals surface area (Å²) in [4.78, 5) is 34.8. The summed E-state index contributed by atoms with van der Waals surface area (Å²) < 4.78 is 15.0. The van der Waals surface area contributed by atoms with Gasteiger partial charge < -0.3 is 19.5 Å². The summed E-state index contributed by atoms with van der Waals surface area (Å²) in [6.45, 7) is 0.00891. The maximum absolute atomic E-state index is 11.8. The molecule has 0 saturated carbocycles. The lowest BCUT2D eigenvalue weighted by Gasteiger charge is -2.08. The number of rotatable bonds is 9. The summed E-state index contributed by atoms with van der Waals surface area (Å²) in [5, 5.41) is 2.58. The predicted molar refractivity (Wildman–Crippen MR) is 98.5 cm³/mol. The van der Waals surface area contributed by atoms with Crippen LogP contribution in [-0.4, -0.2) is 38.2 Å². The molecule has 7 nitrogen and oxygen atoms in total. The second kappa shape index (κ2) is 10.6. The second-order valence-corrected chi connectivity index (χ2v) is 5.54. The normalized spacial score (nSPS) is 9.96. The molecular weight excluding hydrogens is 350 g/mol. The molecule has 2 rings (SSSR count). The summed E-state index contributed by atoms with van der Waals surface area (Å²) >= 11 is 0.